The molecule has 1 N–H and O–H groups in total. The van der Waals surface area contributed by atoms with Crippen LogP contribution in [0.2, 0.25) is 0 Å². The molecule has 0 radical (unpaired) electrons. The summed E-state index contributed by atoms with van der Waals surface area (Å²) in [5.74, 6) is -0.0753. The summed E-state index contributed by atoms with van der Waals surface area (Å²) in [5, 5.41) is 3.70. The van der Waals surface area contributed by atoms with Crippen LogP contribution in [0.5, 0.6) is 0 Å². The third-order valence-electron chi connectivity index (χ3n) is 6.40. The van der Waals surface area contributed by atoms with E-state index in [1.807, 2.05) is 39.0 Å². The number of nitrogens with one attached hydrogen (secondary N) is 1. The maximum Gasteiger partial charge on any atom is 0.410 e. The molecule has 202 valence electrons. The number of aromatic nitrogens is 2. The highest BCUT2D eigenvalue weighted by atomic mass is 32.2. The van der Waals surface area contributed by atoms with Crippen LogP contribution in [-0.4, -0.2) is 60.2 Å². The number of fused-ring (bicyclic) bond motifs is 1. The molecule has 1 aliphatic rings. The van der Waals surface area contributed by atoms with Gasteiger partial charge in [-0.05, 0) is 82.3 Å². The Hall–Kier alpha value is -3.53. The van der Waals surface area contributed by atoms with Crippen molar-refractivity contribution in [2.75, 3.05) is 19.3 Å². The molecule has 3 aromatic rings. The van der Waals surface area contributed by atoms with E-state index in [-0.39, 0.29) is 29.0 Å². The van der Waals surface area contributed by atoms with Crippen LogP contribution in [0.4, 0.5) is 4.79 Å². The Bertz CT molecular complexity index is 1480. The van der Waals surface area contributed by atoms with Crippen molar-refractivity contribution in [1.82, 2.24) is 20.2 Å². The highest BCUT2D eigenvalue weighted by Gasteiger charge is 2.30. The summed E-state index contributed by atoms with van der Waals surface area (Å²) in [6, 6.07) is 10.4. The van der Waals surface area contributed by atoms with Crippen LogP contribution in [0.1, 0.15) is 54.5 Å². The zero-order valence-corrected chi connectivity index (χ0v) is 23.3. The molecule has 1 fully saturated rings. The van der Waals surface area contributed by atoms with Crippen LogP contribution in [0.3, 0.4) is 0 Å². The number of ether oxygens (including phenoxy) is 1. The topological polar surface area (TPSA) is 119 Å². The van der Waals surface area contributed by atoms with Gasteiger partial charge >= 0.3 is 6.09 Å². The molecule has 0 bridgehead atoms. The van der Waals surface area contributed by atoms with Gasteiger partial charge in [-0.1, -0.05) is 6.07 Å². The molecule has 4 rings (SSSR count). The Labute approximate surface area is 223 Å². The number of carbonyl (C=O) groups excluding carboxylic acids is 2. The molecule has 2 aromatic heterocycles. The monoisotopic (exact) mass is 538 g/mol. The van der Waals surface area contributed by atoms with Crippen molar-refractivity contribution in [1.29, 1.82) is 0 Å². The van der Waals surface area contributed by atoms with Gasteiger partial charge in [-0.25, -0.2) is 13.2 Å². The summed E-state index contributed by atoms with van der Waals surface area (Å²) in [6.45, 7) is 8.78. The SMILES string of the molecule is Cc1ccc(C(=O)NCc2cc3nc(CC4CCN(C(=O)OC(C)(C)C)C4)ccc3cn2)cc1S(C)(=O)=O. The van der Waals surface area contributed by atoms with Crippen molar-refractivity contribution in [3.05, 3.63) is 65.1 Å². The van der Waals surface area contributed by atoms with Crippen LogP contribution in [0, 0.1) is 12.8 Å². The van der Waals surface area contributed by atoms with Crippen molar-refractivity contribution in [2.45, 2.75) is 57.6 Å². The first-order chi connectivity index (χ1) is 17.8. The summed E-state index contributed by atoms with van der Waals surface area (Å²) in [6.07, 6.45) is 4.22. The Kier molecular flexibility index (Phi) is 7.73. The first-order valence-electron chi connectivity index (χ1n) is 12.6. The van der Waals surface area contributed by atoms with Gasteiger partial charge in [0.05, 0.1) is 22.7 Å². The molecule has 10 heteroatoms. The van der Waals surface area contributed by atoms with Crippen LogP contribution in [0.25, 0.3) is 10.9 Å². The van der Waals surface area contributed by atoms with Crippen LogP contribution >= 0.6 is 0 Å². The van der Waals surface area contributed by atoms with Crippen molar-refractivity contribution in [2.24, 2.45) is 5.92 Å². The molecule has 0 spiro atoms. The third-order valence-corrected chi connectivity index (χ3v) is 7.64. The lowest BCUT2D eigenvalue weighted by atomic mass is 10.0. The van der Waals surface area contributed by atoms with Gasteiger partial charge < -0.3 is 15.0 Å². The molecule has 3 heterocycles. The van der Waals surface area contributed by atoms with E-state index in [0.717, 1.165) is 35.7 Å². The summed E-state index contributed by atoms with van der Waals surface area (Å²) in [5.41, 5.74) is 2.70. The second-order valence-electron chi connectivity index (χ2n) is 10.9. The molecule has 0 saturated carbocycles. The van der Waals surface area contributed by atoms with Crippen molar-refractivity contribution >= 4 is 32.7 Å². The maximum atomic E-state index is 12.7. The minimum Gasteiger partial charge on any atom is -0.444 e. The average Bonchev–Trinajstić information content (AvgIpc) is 3.29. The zero-order chi connectivity index (χ0) is 27.7. The predicted octanol–water partition coefficient (Wildman–Crippen LogP) is 4.07. The zero-order valence-electron chi connectivity index (χ0n) is 22.4. The fourth-order valence-corrected chi connectivity index (χ4v) is 5.51. The van der Waals surface area contributed by atoms with E-state index in [4.69, 9.17) is 9.72 Å². The van der Waals surface area contributed by atoms with Crippen molar-refractivity contribution in [3.8, 4) is 0 Å². The largest absolute Gasteiger partial charge is 0.444 e. The fourth-order valence-electron chi connectivity index (χ4n) is 4.51. The van der Waals surface area contributed by atoms with E-state index < -0.39 is 15.4 Å². The number of benzene rings is 1. The first-order valence-corrected chi connectivity index (χ1v) is 14.5. The molecule has 0 aliphatic carbocycles. The number of aryl methyl sites for hydroxylation is 1. The number of sulfone groups is 1. The van der Waals surface area contributed by atoms with Crippen LogP contribution in [-0.2, 0) is 27.5 Å². The highest BCUT2D eigenvalue weighted by Crippen LogP contribution is 2.24. The highest BCUT2D eigenvalue weighted by molar-refractivity contribution is 7.90. The number of hydrogen-bond acceptors (Lipinski definition) is 7. The normalized spacial score (nSPS) is 16.0. The minimum atomic E-state index is -3.43. The van der Waals surface area contributed by atoms with E-state index in [1.165, 1.54) is 6.07 Å². The number of hydrogen-bond donors (Lipinski definition) is 1. The van der Waals surface area contributed by atoms with E-state index >= 15 is 0 Å². The van der Waals surface area contributed by atoms with Gasteiger partial charge in [-0.15, -0.1) is 0 Å². The number of nitrogens with zero attached hydrogens (tertiary/aromatic N) is 3. The molecular formula is C28H34N4O5S. The minimum absolute atomic E-state index is 0.141. The van der Waals surface area contributed by atoms with Gasteiger partial charge in [-0.2, -0.15) is 0 Å². The quantitative estimate of drug-likeness (QED) is 0.502. The summed E-state index contributed by atoms with van der Waals surface area (Å²) in [4.78, 5) is 36.2. The second kappa shape index (κ2) is 10.7. The lowest BCUT2D eigenvalue weighted by molar-refractivity contribution is 0.0288. The number of rotatable bonds is 6. The Morgan fingerprint density at radius 2 is 1.89 bits per heavy atom. The van der Waals surface area contributed by atoms with Gasteiger partial charge in [0.25, 0.3) is 5.91 Å². The molecule has 1 aromatic carbocycles. The second-order valence-corrected chi connectivity index (χ2v) is 12.9. The maximum absolute atomic E-state index is 12.7. The number of amides is 2. The Balaban J connectivity index is 1.40. The molecule has 1 unspecified atom stereocenters. The molecule has 1 atom stereocenters. The summed E-state index contributed by atoms with van der Waals surface area (Å²) >= 11 is 0. The van der Waals surface area contributed by atoms with E-state index in [0.29, 0.717) is 30.3 Å². The van der Waals surface area contributed by atoms with E-state index in [1.54, 1.807) is 30.2 Å². The molecule has 1 saturated heterocycles. The first kappa shape index (κ1) is 27.5. The van der Waals surface area contributed by atoms with Gasteiger partial charge in [0.1, 0.15) is 5.60 Å². The van der Waals surface area contributed by atoms with Gasteiger partial charge in [0.2, 0.25) is 0 Å². The van der Waals surface area contributed by atoms with Crippen molar-refractivity contribution < 1.29 is 22.7 Å². The molecule has 38 heavy (non-hydrogen) atoms. The van der Waals surface area contributed by atoms with Crippen LogP contribution in [0.15, 0.2) is 47.5 Å². The van der Waals surface area contributed by atoms with Gasteiger partial charge in [0, 0.05) is 42.2 Å². The van der Waals surface area contributed by atoms with Gasteiger partial charge in [-0.3, -0.25) is 14.8 Å². The number of pyridine rings is 2. The Morgan fingerprint density at radius 3 is 2.61 bits per heavy atom. The van der Waals surface area contributed by atoms with E-state index in [2.05, 4.69) is 10.3 Å². The summed E-state index contributed by atoms with van der Waals surface area (Å²) in [7, 11) is -3.43. The fraction of sp³-hybridized carbons (Fsp3) is 0.429. The molecule has 1 aliphatic heterocycles. The third kappa shape index (κ3) is 6.86. The average molecular weight is 539 g/mol. The van der Waals surface area contributed by atoms with Gasteiger partial charge in [0.15, 0.2) is 9.84 Å². The Morgan fingerprint density at radius 1 is 1.13 bits per heavy atom. The molecular weight excluding hydrogens is 504 g/mol. The molecule has 2 amide bonds. The van der Waals surface area contributed by atoms with E-state index in [9.17, 15) is 18.0 Å². The predicted molar refractivity (Wildman–Crippen MR) is 145 cm³/mol. The molecule has 9 nitrogen and oxygen atoms in total. The lowest BCUT2D eigenvalue weighted by Crippen LogP contribution is -2.35. The lowest BCUT2D eigenvalue weighted by Gasteiger charge is -2.24. The number of carbonyl (C=O) groups is 2. The van der Waals surface area contributed by atoms with Crippen molar-refractivity contribution in [3.63, 3.8) is 0 Å². The van der Waals surface area contributed by atoms with Crippen LogP contribution < -0.4 is 5.32 Å². The summed E-state index contributed by atoms with van der Waals surface area (Å²) < 4.78 is 29.5. The number of likely N-dealkylation sites (tertiary alicyclic amines) is 1. The standard InChI is InChI=1S/C28H34N4O5S/c1-18-6-7-20(13-25(18)38(5,35)36)26(33)30-16-23-14-24-21(15-29-23)8-9-22(31-24)12-19-10-11-32(17-19)27(34)37-28(2,3)4/h6-9,13-15,19H,10-12,16-17H2,1-5H3,(H,30,33). The smallest absolute Gasteiger partial charge is 0.410 e.